The van der Waals surface area contributed by atoms with Gasteiger partial charge in [0.1, 0.15) is 11.5 Å². The molecule has 0 saturated heterocycles. The Hall–Kier alpha value is -2.63. The maximum absolute atomic E-state index is 11.9. The van der Waals surface area contributed by atoms with E-state index < -0.39 is 0 Å². The number of rotatable bonds is 6. The minimum absolute atomic E-state index is 0.00199. The fraction of sp³-hybridized carbons (Fsp3) is 0.267. The van der Waals surface area contributed by atoms with Crippen molar-refractivity contribution in [2.24, 2.45) is 0 Å². The number of amides is 1. The van der Waals surface area contributed by atoms with E-state index in [2.05, 4.69) is 20.3 Å². The number of nitrogens with zero attached hydrogens (tertiary/aromatic N) is 3. The Bertz CT molecular complexity index is 684. The van der Waals surface area contributed by atoms with Gasteiger partial charge in [0.2, 0.25) is 5.91 Å². The first-order valence-corrected chi connectivity index (χ1v) is 6.99. The molecule has 2 N–H and O–H groups in total. The molecule has 0 aliphatic heterocycles. The first-order valence-electron chi connectivity index (χ1n) is 6.99. The highest BCUT2D eigenvalue weighted by Gasteiger charge is 2.07. The van der Waals surface area contributed by atoms with E-state index in [0.29, 0.717) is 13.0 Å². The van der Waals surface area contributed by atoms with Crippen molar-refractivity contribution in [1.82, 2.24) is 24.7 Å². The van der Waals surface area contributed by atoms with Crippen LogP contribution in [0.15, 0.2) is 43.0 Å². The third-order valence-corrected chi connectivity index (χ3v) is 3.22. The van der Waals surface area contributed by atoms with Gasteiger partial charge in [0.25, 0.3) is 0 Å². The zero-order valence-corrected chi connectivity index (χ0v) is 11.6. The highest BCUT2D eigenvalue weighted by atomic mass is 16.1. The largest absolute Gasteiger partial charge is 0.356 e. The minimum atomic E-state index is -0.00199. The molecule has 0 spiro atoms. The van der Waals surface area contributed by atoms with Crippen LogP contribution in [0.5, 0.6) is 0 Å². The fourth-order valence-electron chi connectivity index (χ4n) is 2.22. The van der Waals surface area contributed by atoms with E-state index in [0.717, 1.165) is 30.0 Å². The molecule has 108 valence electrons. The number of pyridine rings is 1. The van der Waals surface area contributed by atoms with Gasteiger partial charge < -0.3 is 14.7 Å². The Kier molecular flexibility index (Phi) is 3.95. The maximum atomic E-state index is 11.9. The predicted octanol–water partition coefficient (Wildman–Crippen LogP) is 1.35. The lowest BCUT2D eigenvalue weighted by Gasteiger charge is -2.02. The van der Waals surface area contributed by atoms with E-state index in [1.165, 1.54) is 0 Å². The summed E-state index contributed by atoms with van der Waals surface area (Å²) in [5.41, 5.74) is 1.64. The number of hydrogen-bond donors (Lipinski definition) is 2. The van der Waals surface area contributed by atoms with Gasteiger partial charge in [0, 0.05) is 37.8 Å². The average molecular weight is 283 g/mol. The molecule has 21 heavy (non-hydrogen) atoms. The average Bonchev–Trinajstić information content (AvgIpc) is 3.12. The van der Waals surface area contributed by atoms with Gasteiger partial charge in [-0.15, -0.1) is 0 Å². The lowest BCUT2D eigenvalue weighted by molar-refractivity contribution is -0.120. The number of aryl methyl sites for hydroxylation is 1. The number of nitrogens with one attached hydrogen (secondary N) is 2. The van der Waals surface area contributed by atoms with Crippen LogP contribution >= 0.6 is 0 Å². The second kappa shape index (κ2) is 6.21. The monoisotopic (exact) mass is 283 g/mol. The highest BCUT2D eigenvalue weighted by Crippen LogP contribution is 2.05. The molecule has 3 heterocycles. The molecule has 3 rings (SSSR count). The van der Waals surface area contributed by atoms with Gasteiger partial charge in [0.05, 0.1) is 12.1 Å². The zero-order valence-electron chi connectivity index (χ0n) is 11.6. The third-order valence-electron chi connectivity index (χ3n) is 3.22. The SMILES string of the molecule is O=C(Cc1cn2ccccc2n1)NCCCc1ncc[nH]1. The van der Waals surface area contributed by atoms with E-state index in [1.807, 2.05) is 35.0 Å². The number of imidazole rings is 2. The molecule has 0 saturated carbocycles. The summed E-state index contributed by atoms with van der Waals surface area (Å²) in [4.78, 5) is 23.5. The smallest absolute Gasteiger partial charge is 0.226 e. The van der Waals surface area contributed by atoms with Crippen LogP contribution in [0.1, 0.15) is 17.9 Å². The summed E-state index contributed by atoms with van der Waals surface area (Å²) < 4.78 is 1.92. The number of fused-ring (bicyclic) bond motifs is 1. The van der Waals surface area contributed by atoms with Crippen LogP contribution in [0.25, 0.3) is 5.65 Å². The molecule has 3 aromatic heterocycles. The first kappa shape index (κ1) is 13.4. The van der Waals surface area contributed by atoms with Crippen LogP contribution < -0.4 is 5.32 Å². The van der Waals surface area contributed by atoms with Crippen molar-refractivity contribution in [2.75, 3.05) is 6.54 Å². The summed E-state index contributed by atoms with van der Waals surface area (Å²) in [6, 6.07) is 5.79. The minimum Gasteiger partial charge on any atom is -0.356 e. The van der Waals surface area contributed by atoms with Gasteiger partial charge in [-0.1, -0.05) is 6.07 Å². The van der Waals surface area contributed by atoms with Gasteiger partial charge in [-0.3, -0.25) is 4.79 Å². The van der Waals surface area contributed by atoms with Crippen LogP contribution in [-0.4, -0.2) is 31.8 Å². The molecular weight excluding hydrogens is 266 g/mol. The lowest BCUT2D eigenvalue weighted by atomic mass is 10.2. The van der Waals surface area contributed by atoms with Gasteiger partial charge in [0.15, 0.2) is 0 Å². The van der Waals surface area contributed by atoms with Gasteiger partial charge in [-0.05, 0) is 18.6 Å². The molecule has 1 amide bonds. The van der Waals surface area contributed by atoms with E-state index in [9.17, 15) is 4.79 Å². The summed E-state index contributed by atoms with van der Waals surface area (Å²) in [5.74, 6) is 0.947. The Balaban J connectivity index is 1.45. The van der Waals surface area contributed by atoms with Crippen LogP contribution in [0, 0.1) is 0 Å². The number of aromatic amines is 1. The number of aromatic nitrogens is 4. The molecule has 0 aromatic carbocycles. The van der Waals surface area contributed by atoms with Gasteiger partial charge in [-0.2, -0.15) is 0 Å². The molecule has 0 aliphatic carbocycles. The fourth-order valence-corrected chi connectivity index (χ4v) is 2.22. The maximum Gasteiger partial charge on any atom is 0.226 e. The number of H-pyrrole nitrogens is 1. The second-order valence-corrected chi connectivity index (χ2v) is 4.86. The quantitative estimate of drug-likeness (QED) is 0.671. The Morgan fingerprint density at radius 2 is 2.33 bits per heavy atom. The molecule has 0 bridgehead atoms. The zero-order chi connectivity index (χ0) is 14.5. The van der Waals surface area contributed by atoms with E-state index in [1.54, 1.807) is 12.4 Å². The van der Waals surface area contributed by atoms with Crippen molar-refractivity contribution in [3.05, 3.63) is 54.5 Å². The topological polar surface area (TPSA) is 75.1 Å². The second-order valence-electron chi connectivity index (χ2n) is 4.86. The summed E-state index contributed by atoms with van der Waals surface area (Å²) in [5, 5.41) is 2.91. The summed E-state index contributed by atoms with van der Waals surface area (Å²) in [6.07, 6.45) is 9.36. The molecule has 0 radical (unpaired) electrons. The first-order chi connectivity index (χ1) is 10.3. The van der Waals surface area contributed by atoms with E-state index >= 15 is 0 Å². The number of carbonyl (C=O) groups excluding carboxylic acids is 1. The van der Waals surface area contributed by atoms with E-state index in [-0.39, 0.29) is 5.91 Å². The summed E-state index contributed by atoms with van der Waals surface area (Å²) in [6.45, 7) is 0.646. The van der Waals surface area contributed by atoms with Crippen molar-refractivity contribution in [1.29, 1.82) is 0 Å². The molecule has 0 aliphatic rings. The third kappa shape index (κ3) is 3.47. The molecule has 0 unspecified atom stereocenters. The molecule has 0 atom stereocenters. The highest BCUT2D eigenvalue weighted by molar-refractivity contribution is 5.78. The Morgan fingerprint density at radius 1 is 1.38 bits per heavy atom. The van der Waals surface area contributed by atoms with Crippen molar-refractivity contribution in [3.63, 3.8) is 0 Å². The summed E-state index contributed by atoms with van der Waals surface area (Å²) in [7, 11) is 0. The van der Waals surface area contributed by atoms with Crippen LogP contribution in [-0.2, 0) is 17.6 Å². The summed E-state index contributed by atoms with van der Waals surface area (Å²) >= 11 is 0. The number of carbonyl (C=O) groups is 1. The molecule has 0 fully saturated rings. The van der Waals surface area contributed by atoms with Crippen LogP contribution in [0.3, 0.4) is 0 Å². The van der Waals surface area contributed by atoms with Crippen LogP contribution in [0.4, 0.5) is 0 Å². The van der Waals surface area contributed by atoms with Gasteiger partial charge in [-0.25, -0.2) is 9.97 Å². The van der Waals surface area contributed by atoms with Crippen LogP contribution in [0.2, 0.25) is 0 Å². The van der Waals surface area contributed by atoms with Crippen molar-refractivity contribution >= 4 is 11.6 Å². The van der Waals surface area contributed by atoms with E-state index in [4.69, 9.17) is 0 Å². The number of hydrogen-bond acceptors (Lipinski definition) is 3. The van der Waals surface area contributed by atoms with Crippen molar-refractivity contribution in [2.45, 2.75) is 19.3 Å². The van der Waals surface area contributed by atoms with Gasteiger partial charge >= 0.3 is 0 Å². The normalized spacial score (nSPS) is 10.9. The van der Waals surface area contributed by atoms with Crippen molar-refractivity contribution in [3.8, 4) is 0 Å². The lowest BCUT2D eigenvalue weighted by Crippen LogP contribution is -2.26. The molecular formula is C15H17N5O. The molecule has 6 heteroatoms. The predicted molar refractivity (Wildman–Crippen MR) is 78.8 cm³/mol. The standard InChI is InChI=1S/C15H17N5O/c21-15(18-6-3-4-13-16-7-8-17-13)10-12-11-20-9-2-1-5-14(20)19-12/h1-2,5,7-9,11H,3-4,6,10H2,(H,16,17)(H,18,21). The Labute approximate surface area is 122 Å². The molecule has 3 aromatic rings. The van der Waals surface area contributed by atoms with Crippen molar-refractivity contribution < 1.29 is 4.79 Å². The molecule has 6 nitrogen and oxygen atoms in total. The Morgan fingerprint density at radius 3 is 3.14 bits per heavy atom.